The van der Waals surface area contributed by atoms with Crippen LogP contribution in [0.4, 0.5) is 5.69 Å². The van der Waals surface area contributed by atoms with Gasteiger partial charge in [-0.15, -0.1) is 0 Å². The highest BCUT2D eigenvalue weighted by atomic mass is 16.5. The van der Waals surface area contributed by atoms with Crippen LogP contribution in [-0.2, 0) is 6.42 Å². The molecule has 0 aliphatic carbocycles. The lowest BCUT2D eigenvalue weighted by Crippen LogP contribution is -2.23. The number of hydrogen-bond donors (Lipinski definition) is 1. The van der Waals surface area contributed by atoms with Gasteiger partial charge in [0.05, 0.1) is 12.5 Å². The molecule has 3 heteroatoms. The van der Waals surface area contributed by atoms with Gasteiger partial charge in [0.1, 0.15) is 11.4 Å². The Balaban J connectivity index is 2.93. The largest absolute Gasteiger partial charge is 0.488 e. The third-order valence-electron chi connectivity index (χ3n) is 1.81. The van der Waals surface area contributed by atoms with Crippen LogP contribution in [0, 0.1) is 11.3 Å². The molecule has 0 spiro atoms. The Morgan fingerprint density at radius 2 is 2.07 bits per heavy atom. The summed E-state index contributed by atoms with van der Waals surface area (Å²) in [5, 5.41) is 8.62. The first-order valence-electron chi connectivity index (χ1n) is 4.87. The summed E-state index contributed by atoms with van der Waals surface area (Å²) in [4.78, 5) is 0. The minimum Gasteiger partial charge on any atom is -0.488 e. The van der Waals surface area contributed by atoms with Crippen molar-refractivity contribution < 1.29 is 4.74 Å². The van der Waals surface area contributed by atoms with Gasteiger partial charge in [0, 0.05) is 5.69 Å². The van der Waals surface area contributed by atoms with Crippen molar-refractivity contribution in [1.29, 1.82) is 5.26 Å². The second kappa shape index (κ2) is 4.22. The first-order valence-corrected chi connectivity index (χ1v) is 4.87. The molecule has 15 heavy (non-hydrogen) atoms. The van der Waals surface area contributed by atoms with Crippen molar-refractivity contribution >= 4 is 5.69 Å². The Morgan fingerprint density at radius 3 is 2.60 bits per heavy atom. The molecule has 0 heterocycles. The Labute approximate surface area is 90.5 Å². The van der Waals surface area contributed by atoms with E-state index in [-0.39, 0.29) is 5.60 Å². The van der Waals surface area contributed by atoms with Crippen LogP contribution in [0.2, 0.25) is 0 Å². The van der Waals surface area contributed by atoms with Gasteiger partial charge in [-0.1, -0.05) is 0 Å². The molecule has 0 saturated carbocycles. The number of benzene rings is 1. The molecule has 80 valence electrons. The number of nitrogens with two attached hydrogens (primary N) is 1. The number of anilines is 1. The van der Waals surface area contributed by atoms with Crippen molar-refractivity contribution in [2.45, 2.75) is 32.8 Å². The summed E-state index contributed by atoms with van der Waals surface area (Å²) in [6, 6.07) is 7.50. The predicted octanol–water partition coefficient (Wildman–Crippen LogP) is 2.51. The van der Waals surface area contributed by atoms with Gasteiger partial charge in [-0.05, 0) is 44.5 Å². The summed E-state index contributed by atoms with van der Waals surface area (Å²) < 4.78 is 5.68. The Hall–Kier alpha value is -1.69. The van der Waals surface area contributed by atoms with Gasteiger partial charge in [0.25, 0.3) is 0 Å². The van der Waals surface area contributed by atoms with Gasteiger partial charge >= 0.3 is 0 Å². The molecule has 3 nitrogen and oxygen atoms in total. The summed E-state index contributed by atoms with van der Waals surface area (Å²) in [7, 11) is 0. The second-order valence-electron chi connectivity index (χ2n) is 4.41. The van der Waals surface area contributed by atoms with Gasteiger partial charge < -0.3 is 10.5 Å². The molecule has 0 bridgehead atoms. The fraction of sp³-hybridized carbons (Fsp3) is 0.417. The summed E-state index contributed by atoms with van der Waals surface area (Å²) in [5.74, 6) is 0.752. The van der Waals surface area contributed by atoms with Crippen LogP contribution in [0.5, 0.6) is 5.75 Å². The number of rotatable bonds is 2. The zero-order chi connectivity index (χ0) is 11.5. The maximum absolute atomic E-state index is 8.62. The fourth-order valence-electron chi connectivity index (χ4n) is 1.24. The third kappa shape index (κ3) is 3.51. The Morgan fingerprint density at radius 1 is 1.40 bits per heavy atom. The fourth-order valence-corrected chi connectivity index (χ4v) is 1.24. The highest BCUT2D eigenvalue weighted by Gasteiger charge is 2.12. The van der Waals surface area contributed by atoms with Crippen molar-refractivity contribution in [3.63, 3.8) is 0 Å². The van der Waals surface area contributed by atoms with Crippen molar-refractivity contribution in [1.82, 2.24) is 0 Å². The van der Waals surface area contributed by atoms with E-state index in [4.69, 9.17) is 15.7 Å². The van der Waals surface area contributed by atoms with Crippen molar-refractivity contribution in [2.24, 2.45) is 0 Å². The standard InChI is InChI=1S/C12H16N2O/c1-12(2,3)15-10-4-5-11(14)9(8-10)6-7-13/h4-5,8H,6,14H2,1-3H3. The molecule has 0 fully saturated rings. The molecule has 0 radical (unpaired) electrons. The molecule has 0 aromatic heterocycles. The van der Waals surface area contributed by atoms with Crippen molar-refractivity contribution in [3.05, 3.63) is 23.8 Å². The summed E-state index contributed by atoms with van der Waals surface area (Å²) >= 11 is 0. The first-order chi connectivity index (χ1) is 6.92. The molecular weight excluding hydrogens is 188 g/mol. The molecular formula is C12H16N2O. The lowest BCUT2D eigenvalue weighted by Gasteiger charge is -2.21. The Kier molecular flexibility index (Phi) is 3.21. The normalized spacial score (nSPS) is 10.8. The number of nitrogen functional groups attached to an aromatic ring is 1. The molecule has 1 aromatic carbocycles. The molecule has 2 N–H and O–H groups in total. The van der Waals surface area contributed by atoms with Crippen LogP contribution in [0.15, 0.2) is 18.2 Å². The lowest BCUT2D eigenvalue weighted by molar-refractivity contribution is 0.131. The SMILES string of the molecule is CC(C)(C)Oc1ccc(N)c(CC#N)c1. The molecule has 0 amide bonds. The van der Waals surface area contributed by atoms with Gasteiger partial charge in [-0.25, -0.2) is 0 Å². The highest BCUT2D eigenvalue weighted by molar-refractivity contribution is 5.51. The van der Waals surface area contributed by atoms with E-state index < -0.39 is 0 Å². The van der Waals surface area contributed by atoms with E-state index in [9.17, 15) is 0 Å². The minimum absolute atomic E-state index is 0.236. The number of nitriles is 1. The monoisotopic (exact) mass is 204 g/mol. The minimum atomic E-state index is -0.236. The molecule has 1 rings (SSSR count). The highest BCUT2D eigenvalue weighted by Crippen LogP contribution is 2.23. The van der Waals surface area contributed by atoms with E-state index in [1.54, 1.807) is 6.07 Å². The zero-order valence-electron chi connectivity index (χ0n) is 9.37. The number of hydrogen-bond acceptors (Lipinski definition) is 3. The van der Waals surface area contributed by atoms with Gasteiger partial charge in [-0.3, -0.25) is 0 Å². The maximum Gasteiger partial charge on any atom is 0.120 e. The van der Waals surface area contributed by atoms with Crippen LogP contribution < -0.4 is 10.5 Å². The summed E-state index contributed by atoms with van der Waals surface area (Å²) in [6.45, 7) is 5.94. The van der Waals surface area contributed by atoms with E-state index >= 15 is 0 Å². The molecule has 0 atom stereocenters. The van der Waals surface area contributed by atoms with Crippen LogP contribution in [0.3, 0.4) is 0 Å². The molecule has 1 aromatic rings. The van der Waals surface area contributed by atoms with Crippen LogP contribution in [0.25, 0.3) is 0 Å². The van der Waals surface area contributed by atoms with Crippen molar-refractivity contribution in [3.8, 4) is 11.8 Å². The van der Waals surface area contributed by atoms with E-state index in [0.717, 1.165) is 11.3 Å². The van der Waals surface area contributed by atoms with Gasteiger partial charge in [0.2, 0.25) is 0 Å². The summed E-state index contributed by atoms with van der Waals surface area (Å²) in [6.07, 6.45) is 0.313. The van der Waals surface area contributed by atoms with Crippen molar-refractivity contribution in [2.75, 3.05) is 5.73 Å². The molecule has 0 aliphatic heterocycles. The van der Waals surface area contributed by atoms with Crippen LogP contribution in [-0.4, -0.2) is 5.60 Å². The zero-order valence-corrected chi connectivity index (χ0v) is 9.37. The molecule has 0 unspecified atom stereocenters. The quantitative estimate of drug-likeness (QED) is 0.753. The predicted molar refractivity (Wildman–Crippen MR) is 60.6 cm³/mol. The maximum atomic E-state index is 8.62. The summed E-state index contributed by atoms with van der Waals surface area (Å²) in [5.41, 5.74) is 6.95. The molecule has 0 aliphatic rings. The Bertz CT molecular complexity index is 386. The second-order valence-corrected chi connectivity index (χ2v) is 4.41. The van der Waals surface area contributed by atoms with Crippen LogP contribution >= 0.6 is 0 Å². The lowest BCUT2D eigenvalue weighted by atomic mass is 10.1. The first kappa shape index (κ1) is 11.4. The average molecular weight is 204 g/mol. The molecule has 0 saturated heterocycles. The van der Waals surface area contributed by atoms with Crippen LogP contribution in [0.1, 0.15) is 26.3 Å². The van der Waals surface area contributed by atoms with E-state index in [2.05, 4.69) is 6.07 Å². The van der Waals surface area contributed by atoms with E-state index in [1.165, 1.54) is 0 Å². The van der Waals surface area contributed by atoms with E-state index in [1.807, 2.05) is 32.9 Å². The topological polar surface area (TPSA) is 59.0 Å². The number of nitrogens with zero attached hydrogens (tertiary/aromatic N) is 1. The van der Waals surface area contributed by atoms with Gasteiger partial charge in [-0.2, -0.15) is 5.26 Å². The van der Waals surface area contributed by atoms with Gasteiger partial charge in [0.15, 0.2) is 0 Å². The number of ether oxygens (including phenoxy) is 1. The smallest absolute Gasteiger partial charge is 0.120 e. The third-order valence-corrected chi connectivity index (χ3v) is 1.81. The van der Waals surface area contributed by atoms with E-state index in [0.29, 0.717) is 12.1 Å². The average Bonchev–Trinajstić information content (AvgIpc) is 2.09.